The Hall–Kier alpha value is -2.16. The van der Waals surface area contributed by atoms with Crippen LogP contribution in [-0.2, 0) is 13.1 Å². The Kier molecular flexibility index (Phi) is 4.00. The van der Waals surface area contributed by atoms with Gasteiger partial charge in [0.25, 0.3) is 0 Å². The fourth-order valence-electron chi connectivity index (χ4n) is 1.91. The molecule has 2 aromatic heterocycles. The van der Waals surface area contributed by atoms with Crippen molar-refractivity contribution in [2.24, 2.45) is 0 Å². The predicted molar refractivity (Wildman–Crippen MR) is 78.2 cm³/mol. The van der Waals surface area contributed by atoms with Crippen molar-refractivity contribution < 1.29 is 0 Å². The van der Waals surface area contributed by atoms with Gasteiger partial charge in [-0.25, -0.2) is 4.68 Å². The Morgan fingerprint density at radius 2 is 2.00 bits per heavy atom. The van der Waals surface area contributed by atoms with Crippen molar-refractivity contribution in [3.05, 3.63) is 34.6 Å². The van der Waals surface area contributed by atoms with Crippen molar-refractivity contribution in [2.75, 3.05) is 0 Å². The summed E-state index contributed by atoms with van der Waals surface area (Å²) < 4.78 is 2.68. The minimum Gasteiger partial charge on any atom is -0.228 e. The largest absolute Gasteiger partial charge is 0.228 e. The van der Waals surface area contributed by atoms with Crippen molar-refractivity contribution >= 4 is 15.9 Å². The van der Waals surface area contributed by atoms with E-state index in [1.54, 1.807) is 4.68 Å². The summed E-state index contributed by atoms with van der Waals surface area (Å²) in [7, 11) is 0. The molecular weight excluding hydrogens is 336 g/mol. The van der Waals surface area contributed by atoms with Gasteiger partial charge >= 0.3 is 0 Å². The highest BCUT2D eigenvalue weighted by atomic mass is 79.9. The zero-order valence-corrected chi connectivity index (χ0v) is 13.0. The Bertz CT molecular complexity index is 734. The zero-order chi connectivity index (χ0) is 14.7. The van der Waals surface area contributed by atoms with Crippen LogP contribution in [0, 0.1) is 0 Å². The van der Waals surface area contributed by atoms with Gasteiger partial charge in [0.2, 0.25) is 5.82 Å². The highest BCUT2D eigenvalue weighted by molar-refractivity contribution is 9.10. The molecule has 0 unspecified atom stereocenters. The summed E-state index contributed by atoms with van der Waals surface area (Å²) >= 11 is 3.48. The van der Waals surface area contributed by atoms with Gasteiger partial charge in [-0.1, -0.05) is 35.0 Å². The van der Waals surface area contributed by atoms with E-state index in [-0.39, 0.29) is 0 Å². The normalized spacial score (nSPS) is 11.0. The van der Waals surface area contributed by atoms with E-state index >= 15 is 0 Å². The van der Waals surface area contributed by atoms with Crippen LogP contribution in [0.1, 0.15) is 19.2 Å². The van der Waals surface area contributed by atoms with Crippen molar-refractivity contribution in [3.8, 4) is 11.4 Å². The second-order valence-electron chi connectivity index (χ2n) is 4.44. The number of rotatable bonds is 5. The number of aromatic nitrogens is 8. The third-order valence-electron chi connectivity index (χ3n) is 2.89. The molecule has 21 heavy (non-hydrogen) atoms. The van der Waals surface area contributed by atoms with Gasteiger partial charge in [-0.3, -0.25) is 0 Å². The molecule has 0 saturated carbocycles. The van der Waals surface area contributed by atoms with Crippen LogP contribution in [0.15, 0.2) is 28.7 Å². The second kappa shape index (κ2) is 6.08. The molecule has 0 N–H and O–H groups in total. The highest BCUT2D eigenvalue weighted by Crippen LogP contribution is 2.24. The van der Waals surface area contributed by atoms with E-state index < -0.39 is 0 Å². The molecule has 0 aliphatic rings. The van der Waals surface area contributed by atoms with Crippen molar-refractivity contribution in [1.82, 2.24) is 40.4 Å². The van der Waals surface area contributed by atoms with Crippen molar-refractivity contribution in [1.29, 1.82) is 0 Å². The van der Waals surface area contributed by atoms with Gasteiger partial charge in [0.15, 0.2) is 5.82 Å². The molecule has 108 valence electrons. The smallest absolute Gasteiger partial charge is 0.206 e. The van der Waals surface area contributed by atoms with E-state index in [1.165, 1.54) is 4.80 Å². The van der Waals surface area contributed by atoms with Gasteiger partial charge in [0, 0.05) is 16.6 Å². The Balaban J connectivity index is 1.82. The van der Waals surface area contributed by atoms with Gasteiger partial charge in [0.1, 0.15) is 6.54 Å². The average Bonchev–Trinajstić information content (AvgIpc) is 3.11. The number of halogens is 1. The van der Waals surface area contributed by atoms with E-state index in [0.29, 0.717) is 18.2 Å². The number of nitrogens with zero attached hydrogens (tertiary/aromatic N) is 8. The number of benzene rings is 1. The summed E-state index contributed by atoms with van der Waals surface area (Å²) in [5.41, 5.74) is 0.900. The molecule has 8 nitrogen and oxygen atoms in total. The third-order valence-corrected chi connectivity index (χ3v) is 3.58. The maximum Gasteiger partial charge on any atom is 0.206 e. The molecule has 9 heteroatoms. The van der Waals surface area contributed by atoms with Crippen LogP contribution in [0.5, 0.6) is 0 Å². The minimum absolute atomic E-state index is 0.393. The topological polar surface area (TPSA) is 87.2 Å². The SMILES string of the molecule is CCCn1nnnc1Cn1nnc(-c2ccccc2Br)n1. The summed E-state index contributed by atoms with van der Waals surface area (Å²) in [6.07, 6.45) is 0.963. The number of hydrogen-bond donors (Lipinski definition) is 0. The second-order valence-corrected chi connectivity index (χ2v) is 5.30. The molecule has 0 spiro atoms. The quantitative estimate of drug-likeness (QED) is 0.695. The maximum absolute atomic E-state index is 4.37. The van der Waals surface area contributed by atoms with Gasteiger partial charge in [-0.05, 0) is 34.2 Å². The molecule has 0 amide bonds. The molecule has 0 aliphatic heterocycles. The Morgan fingerprint density at radius 3 is 2.81 bits per heavy atom. The number of tetrazole rings is 2. The first-order chi connectivity index (χ1) is 10.3. The van der Waals surface area contributed by atoms with Gasteiger partial charge < -0.3 is 0 Å². The molecule has 0 aliphatic carbocycles. The van der Waals surface area contributed by atoms with Crippen LogP contribution in [-0.4, -0.2) is 40.4 Å². The van der Waals surface area contributed by atoms with Crippen LogP contribution in [0.25, 0.3) is 11.4 Å². The molecule has 2 heterocycles. The lowest BCUT2D eigenvalue weighted by molar-refractivity contribution is 0.500. The molecule has 1 aromatic carbocycles. The van der Waals surface area contributed by atoms with Crippen LogP contribution >= 0.6 is 15.9 Å². The monoisotopic (exact) mass is 348 g/mol. The third kappa shape index (κ3) is 2.97. The summed E-state index contributed by atoms with van der Waals surface area (Å²) in [5.74, 6) is 1.28. The summed E-state index contributed by atoms with van der Waals surface area (Å²) in [4.78, 5) is 1.49. The van der Waals surface area contributed by atoms with Crippen LogP contribution in [0.2, 0.25) is 0 Å². The molecule has 0 saturated heterocycles. The molecule has 0 atom stereocenters. The van der Waals surface area contributed by atoms with Gasteiger partial charge in [-0.15, -0.1) is 15.3 Å². The predicted octanol–water partition coefficient (Wildman–Crippen LogP) is 1.55. The van der Waals surface area contributed by atoms with Crippen molar-refractivity contribution in [2.45, 2.75) is 26.4 Å². The first-order valence-corrected chi connectivity index (χ1v) is 7.35. The molecule has 3 aromatic rings. The molecule has 0 radical (unpaired) electrons. The highest BCUT2D eigenvalue weighted by Gasteiger charge is 2.12. The van der Waals surface area contributed by atoms with E-state index in [1.807, 2.05) is 24.3 Å². The molecule has 0 bridgehead atoms. The fourth-order valence-corrected chi connectivity index (χ4v) is 2.37. The minimum atomic E-state index is 0.393. The molecule has 3 rings (SSSR count). The first-order valence-electron chi connectivity index (χ1n) is 6.55. The van der Waals surface area contributed by atoms with Crippen LogP contribution in [0.4, 0.5) is 0 Å². The summed E-state index contributed by atoms with van der Waals surface area (Å²) in [5, 5.41) is 24.1. The van der Waals surface area contributed by atoms with E-state index in [2.05, 4.69) is 53.8 Å². The maximum atomic E-state index is 4.37. The van der Waals surface area contributed by atoms with Gasteiger partial charge in [-0.2, -0.15) is 4.80 Å². The lowest BCUT2D eigenvalue weighted by atomic mass is 10.2. The molecule has 0 fully saturated rings. The molecular formula is C12H13BrN8. The number of hydrogen-bond acceptors (Lipinski definition) is 6. The van der Waals surface area contributed by atoms with Crippen molar-refractivity contribution in [3.63, 3.8) is 0 Å². The van der Waals surface area contributed by atoms with Gasteiger partial charge in [0.05, 0.1) is 0 Å². The Morgan fingerprint density at radius 1 is 1.14 bits per heavy atom. The first kappa shape index (κ1) is 13.8. The van der Waals surface area contributed by atoms with E-state index in [0.717, 1.165) is 23.0 Å². The average molecular weight is 349 g/mol. The lowest BCUT2D eigenvalue weighted by Gasteiger charge is -2.01. The summed E-state index contributed by atoms with van der Waals surface area (Å²) in [6.45, 7) is 3.24. The van der Waals surface area contributed by atoms with E-state index in [4.69, 9.17) is 0 Å². The lowest BCUT2D eigenvalue weighted by Crippen LogP contribution is -2.12. The van der Waals surface area contributed by atoms with E-state index in [9.17, 15) is 0 Å². The van der Waals surface area contributed by atoms with Crippen LogP contribution in [0.3, 0.4) is 0 Å². The fraction of sp³-hybridized carbons (Fsp3) is 0.333. The van der Waals surface area contributed by atoms with Crippen LogP contribution < -0.4 is 0 Å². The Labute approximate surface area is 129 Å². The summed E-state index contributed by atoms with van der Waals surface area (Å²) in [6, 6.07) is 7.75. The number of aryl methyl sites for hydroxylation is 1. The zero-order valence-electron chi connectivity index (χ0n) is 11.4. The standard InChI is InChI=1S/C12H13BrN8/c1-2-7-20-11(14-17-19-20)8-21-16-12(15-18-21)9-5-3-4-6-10(9)13/h3-6H,2,7-8H2,1H3.